The first kappa shape index (κ1) is 24.1. The number of Topliss-reactive ketones (excluding diaryl/α,β-unsaturated/α-hetero) is 1. The first-order valence-electron chi connectivity index (χ1n) is 8.66. The highest BCUT2D eigenvalue weighted by Crippen LogP contribution is 2.33. The van der Waals surface area contributed by atoms with Crippen LogP contribution in [-0.2, 0) is 23.8 Å². The lowest BCUT2D eigenvalue weighted by molar-refractivity contribution is -0.138. The van der Waals surface area contributed by atoms with E-state index in [0.29, 0.717) is 0 Å². The van der Waals surface area contributed by atoms with Gasteiger partial charge in [0.1, 0.15) is 19.0 Å². The van der Waals surface area contributed by atoms with E-state index < -0.39 is 33.5 Å². The summed E-state index contributed by atoms with van der Waals surface area (Å²) >= 11 is 0. The van der Waals surface area contributed by atoms with Crippen LogP contribution in [0.15, 0.2) is 67.3 Å². The Labute approximate surface area is 176 Å². The number of ketones is 1. The minimum absolute atomic E-state index is 0.0486. The topological polar surface area (TPSA) is 96.0 Å². The Balaban J connectivity index is 2.30. The van der Waals surface area contributed by atoms with Gasteiger partial charge < -0.3 is 9.47 Å². The van der Waals surface area contributed by atoms with Crippen molar-refractivity contribution in [2.24, 2.45) is 0 Å². The van der Waals surface area contributed by atoms with Crippen LogP contribution in [-0.4, -0.2) is 38.9 Å². The number of ether oxygens (including phenoxy) is 2. The third-order valence-electron chi connectivity index (χ3n) is 3.73. The third kappa shape index (κ3) is 6.66. The van der Waals surface area contributed by atoms with Crippen LogP contribution in [0.25, 0.3) is 0 Å². The number of esters is 1. The molecule has 0 radical (unpaired) electrons. The van der Waals surface area contributed by atoms with E-state index in [9.17, 15) is 31.2 Å². The van der Waals surface area contributed by atoms with Gasteiger partial charge in [0.05, 0.1) is 0 Å². The summed E-state index contributed by atoms with van der Waals surface area (Å²) in [5, 5.41) is 0. The van der Waals surface area contributed by atoms with Gasteiger partial charge in [-0.05, 0) is 17.7 Å². The monoisotopic (exact) mass is 458 g/mol. The maximum atomic E-state index is 12.9. The molecule has 0 saturated heterocycles. The van der Waals surface area contributed by atoms with Gasteiger partial charge in [-0.3, -0.25) is 4.79 Å². The largest absolute Gasteiger partial charge is 0.523 e. The van der Waals surface area contributed by atoms with Crippen LogP contribution in [0.5, 0.6) is 5.75 Å². The highest BCUT2D eigenvalue weighted by Gasteiger charge is 2.49. The molecule has 0 bridgehead atoms. The fourth-order valence-corrected chi connectivity index (χ4v) is 2.87. The highest BCUT2D eigenvalue weighted by molar-refractivity contribution is 7.87. The van der Waals surface area contributed by atoms with Gasteiger partial charge in [0, 0.05) is 11.6 Å². The molecule has 0 spiro atoms. The second kappa shape index (κ2) is 10.2. The van der Waals surface area contributed by atoms with Crippen LogP contribution in [0.4, 0.5) is 13.2 Å². The Bertz CT molecular complexity index is 1030. The van der Waals surface area contributed by atoms with Gasteiger partial charge in [-0.15, -0.1) is 0 Å². The Kier molecular flexibility index (Phi) is 7.95. The Morgan fingerprint density at radius 2 is 1.71 bits per heavy atom. The molecular formula is C20H17F3O7S. The highest BCUT2D eigenvalue weighted by atomic mass is 32.2. The summed E-state index contributed by atoms with van der Waals surface area (Å²) in [6.07, 6.45) is -1.14. The van der Waals surface area contributed by atoms with Crippen LogP contribution in [0, 0.1) is 0 Å². The van der Waals surface area contributed by atoms with Crippen molar-refractivity contribution >= 4 is 21.9 Å². The first-order valence-corrected chi connectivity index (χ1v) is 10.1. The summed E-state index contributed by atoms with van der Waals surface area (Å²) < 4.78 is 76.1. The van der Waals surface area contributed by atoms with Crippen molar-refractivity contribution in [1.82, 2.24) is 0 Å². The molecule has 31 heavy (non-hydrogen) atoms. The van der Waals surface area contributed by atoms with Crippen molar-refractivity contribution in [3.05, 3.63) is 78.4 Å². The molecular weight excluding hydrogens is 441 g/mol. The quantitative estimate of drug-likeness (QED) is 0.134. The molecule has 0 aliphatic rings. The van der Waals surface area contributed by atoms with Crippen molar-refractivity contribution in [2.45, 2.75) is 11.6 Å². The zero-order valence-corrected chi connectivity index (χ0v) is 16.7. The zero-order valence-electron chi connectivity index (χ0n) is 15.9. The van der Waals surface area contributed by atoms with Crippen molar-refractivity contribution in [3.8, 4) is 5.75 Å². The van der Waals surface area contributed by atoms with E-state index >= 15 is 0 Å². The van der Waals surface area contributed by atoms with E-state index in [1.165, 1.54) is 42.5 Å². The van der Waals surface area contributed by atoms with E-state index in [1.54, 1.807) is 6.07 Å². The summed E-state index contributed by atoms with van der Waals surface area (Å²) in [7, 11) is -6.07. The average Bonchev–Trinajstić information content (AvgIpc) is 2.74. The smallest absolute Gasteiger partial charge is 0.490 e. The molecule has 2 rings (SSSR count). The maximum Gasteiger partial charge on any atom is 0.523 e. The molecule has 0 saturated carbocycles. The number of halogens is 3. The minimum atomic E-state index is -6.07. The molecule has 7 nitrogen and oxygen atoms in total. The second-order valence-corrected chi connectivity index (χ2v) is 7.46. The van der Waals surface area contributed by atoms with Crippen molar-refractivity contribution in [2.75, 3.05) is 13.2 Å². The predicted octanol–water partition coefficient (Wildman–Crippen LogP) is 3.58. The zero-order chi connectivity index (χ0) is 23.1. The van der Waals surface area contributed by atoms with Gasteiger partial charge >= 0.3 is 21.6 Å². The third-order valence-corrected chi connectivity index (χ3v) is 4.74. The number of carbonyl (C=O) groups is 2. The van der Waals surface area contributed by atoms with Gasteiger partial charge in [0.2, 0.25) is 0 Å². The summed E-state index contributed by atoms with van der Waals surface area (Å²) in [5.74, 6) is -1.58. The predicted molar refractivity (Wildman–Crippen MR) is 103 cm³/mol. The molecule has 1 unspecified atom stereocenters. The Hall–Kier alpha value is -3.18. The van der Waals surface area contributed by atoms with E-state index in [-0.39, 0.29) is 30.1 Å². The van der Waals surface area contributed by atoms with E-state index in [4.69, 9.17) is 9.47 Å². The molecule has 11 heteroatoms. The molecule has 0 N–H and O–H groups in total. The minimum Gasteiger partial charge on any atom is -0.490 e. The van der Waals surface area contributed by atoms with E-state index in [1.807, 2.05) is 0 Å². The molecule has 0 aromatic heterocycles. The van der Waals surface area contributed by atoms with Crippen LogP contribution in [0.1, 0.15) is 22.0 Å². The van der Waals surface area contributed by atoms with Gasteiger partial charge in [0.15, 0.2) is 11.9 Å². The lowest BCUT2D eigenvalue weighted by Gasteiger charge is -2.19. The average molecular weight is 458 g/mol. The van der Waals surface area contributed by atoms with Crippen molar-refractivity contribution in [3.63, 3.8) is 0 Å². The lowest BCUT2D eigenvalue weighted by Crippen LogP contribution is -2.30. The fourth-order valence-electron chi connectivity index (χ4n) is 2.31. The molecule has 2 aromatic rings. The normalized spacial score (nSPS) is 12.6. The summed E-state index contributed by atoms with van der Waals surface area (Å²) in [5.41, 5.74) is -5.94. The molecule has 0 aliphatic carbocycles. The SMILES string of the molecule is C=CC(=O)OCCOc1cccc(C(OS(=O)(=O)C(F)(F)F)C(=O)c2ccccc2)c1. The maximum absolute atomic E-state index is 12.9. The number of carbonyl (C=O) groups excluding carboxylic acids is 2. The first-order chi connectivity index (χ1) is 14.5. The Morgan fingerprint density at radius 1 is 1.03 bits per heavy atom. The van der Waals surface area contributed by atoms with Gasteiger partial charge in [0.25, 0.3) is 0 Å². The van der Waals surface area contributed by atoms with Crippen LogP contribution in [0.2, 0.25) is 0 Å². The fraction of sp³-hybridized carbons (Fsp3) is 0.200. The molecule has 0 heterocycles. The van der Waals surface area contributed by atoms with Crippen LogP contribution >= 0.6 is 0 Å². The Morgan fingerprint density at radius 3 is 2.32 bits per heavy atom. The van der Waals surface area contributed by atoms with Gasteiger partial charge in [-0.2, -0.15) is 21.6 Å². The number of alkyl halides is 3. The van der Waals surface area contributed by atoms with E-state index in [0.717, 1.165) is 12.1 Å². The standard InChI is InChI=1S/C20H17F3O7S/c1-2-17(24)29-12-11-28-16-10-6-9-15(13-16)19(30-31(26,27)20(21,22)23)18(25)14-7-4-3-5-8-14/h2-10,13,19H,1,11-12H2. The second-order valence-electron chi connectivity index (χ2n) is 5.90. The summed E-state index contributed by atoms with van der Waals surface area (Å²) in [4.78, 5) is 23.8. The molecule has 0 fully saturated rings. The van der Waals surface area contributed by atoms with Crippen LogP contribution in [0.3, 0.4) is 0 Å². The number of hydrogen-bond acceptors (Lipinski definition) is 7. The number of benzene rings is 2. The summed E-state index contributed by atoms with van der Waals surface area (Å²) in [6.45, 7) is 2.98. The lowest BCUT2D eigenvalue weighted by atomic mass is 10.00. The van der Waals surface area contributed by atoms with Gasteiger partial charge in [-0.25, -0.2) is 8.98 Å². The van der Waals surface area contributed by atoms with Crippen LogP contribution < -0.4 is 4.74 Å². The molecule has 0 amide bonds. The molecule has 166 valence electrons. The number of hydrogen-bond donors (Lipinski definition) is 0. The van der Waals surface area contributed by atoms with E-state index in [2.05, 4.69) is 10.8 Å². The molecule has 1 atom stereocenters. The summed E-state index contributed by atoms with van der Waals surface area (Å²) in [6, 6.07) is 12.3. The molecule has 0 aliphatic heterocycles. The van der Waals surface area contributed by atoms with Gasteiger partial charge in [-0.1, -0.05) is 49.0 Å². The number of rotatable bonds is 10. The van der Waals surface area contributed by atoms with Crippen molar-refractivity contribution < 1.29 is 44.8 Å². The molecule has 2 aromatic carbocycles. The van der Waals surface area contributed by atoms with Crippen molar-refractivity contribution in [1.29, 1.82) is 0 Å².